The lowest BCUT2D eigenvalue weighted by atomic mass is 10.1. The molecule has 1 atom stereocenters. The molecule has 0 bridgehead atoms. The lowest BCUT2D eigenvalue weighted by Crippen LogP contribution is -2.25. The Morgan fingerprint density at radius 1 is 1.07 bits per heavy atom. The number of hydrogen-bond donors (Lipinski definition) is 1. The van der Waals surface area contributed by atoms with Crippen LogP contribution in [0.1, 0.15) is 18.2 Å². The molecule has 0 spiro atoms. The number of nitrogens with zero attached hydrogens (tertiary/aromatic N) is 2. The van der Waals surface area contributed by atoms with Crippen LogP contribution in [0.4, 0.5) is 0 Å². The smallest absolute Gasteiger partial charge is 0.335 e. The minimum absolute atomic E-state index is 0.102. The Kier molecular flexibility index (Phi) is 7.34. The molecule has 1 aromatic heterocycles. The number of ether oxygens (including phenoxy) is 3. The summed E-state index contributed by atoms with van der Waals surface area (Å²) >= 11 is 0. The summed E-state index contributed by atoms with van der Waals surface area (Å²) in [6.07, 6.45) is 0.528. The van der Waals surface area contributed by atoms with Crippen LogP contribution in [0.15, 0.2) is 60.8 Å². The van der Waals surface area contributed by atoms with Crippen LogP contribution in [0.3, 0.4) is 0 Å². The van der Waals surface area contributed by atoms with E-state index in [1.807, 2.05) is 36.4 Å². The Hall–Kier alpha value is -3.45. The summed E-state index contributed by atoms with van der Waals surface area (Å²) in [4.78, 5) is 20.6. The zero-order valence-electron chi connectivity index (χ0n) is 16.9. The van der Waals surface area contributed by atoms with E-state index in [9.17, 15) is 9.90 Å². The zero-order chi connectivity index (χ0) is 21.3. The molecule has 1 heterocycles. The molecule has 0 aliphatic rings. The van der Waals surface area contributed by atoms with E-state index in [0.29, 0.717) is 28.6 Å². The molecule has 0 aliphatic carbocycles. The standard InChI is InChI=1S/C23H24N2O5/c1-3-29-23(27)19(26)14-16-8-4-6-10-20(16)30-15-17-12-13-24-22(25-17)18-9-5-7-11-21(18)28-2/h4-13,19,26H,3,14-15H2,1-2H3/t19-/m1/s1. The normalized spacial score (nSPS) is 11.6. The molecule has 1 N–H and O–H groups in total. The van der Waals surface area contributed by atoms with Crippen LogP contribution in [0.5, 0.6) is 11.5 Å². The summed E-state index contributed by atoms with van der Waals surface area (Å²) < 4.78 is 16.2. The van der Waals surface area contributed by atoms with Gasteiger partial charge in [0.05, 0.1) is 25.0 Å². The first kappa shape index (κ1) is 21.3. The lowest BCUT2D eigenvalue weighted by Gasteiger charge is -2.14. The number of carbonyl (C=O) groups excluding carboxylic acids is 1. The topological polar surface area (TPSA) is 90.8 Å². The van der Waals surface area contributed by atoms with Crippen molar-refractivity contribution in [3.63, 3.8) is 0 Å². The maximum absolute atomic E-state index is 11.7. The minimum Gasteiger partial charge on any atom is -0.496 e. The molecule has 0 saturated carbocycles. The maximum atomic E-state index is 11.7. The third-order valence-electron chi connectivity index (χ3n) is 4.38. The second-order valence-corrected chi connectivity index (χ2v) is 6.44. The van der Waals surface area contributed by atoms with Gasteiger partial charge in [-0.05, 0) is 36.8 Å². The Morgan fingerprint density at radius 3 is 2.57 bits per heavy atom. The van der Waals surface area contributed by atoms with Gasteiger partial charge in [0.1, 0.15) is 18.1 Å². The van der Waals surface area contributed by atoms with E-state index in [0.717, 1.165) is 5.56 Å². The van der Waals surface area contributed by atoms with Gasteiger partial charge in [-0.25, -0.2) is 14.8 Å². The number of benzene rings is 2. The number of aliphatic hydroxyl groups excluding tert-OH is 1. The maximum Gasteiger partial charge on any atom is 0.335 e. The number of methoxy groups -OCH3 is 1. The summed E-state index contributed by atoms with van der Waals surface area (Å²) in [5.41, 5.74) is 2.18. The van der Waals surface area contributed by atoms with Gasteiger partial charge in [0.25, 0.3) is 0 Å². The van der Waals surface area contributed by atoms with Gasteiger partial charge in [-0.1, -0.05) is 30.3 Å². The molecule has 30 heavy (non-hydrogen) atoms. The average molecular weight is 408 g/mol. The zero-order valence-corrected chi connectivity index (χ0v) is 16.9. The van der Waals surface area contributed by atoms with Crippen molar-refractivity contribution in [2.75, 3.05) is 13.7 Å². The van der Waals surface area contributed by atoms with Crippen molar-refractivity contribution in [1.29, 1.82) is 0 Å². The molecule has 0 amide bonds. The number of aliphatic hydroxyl groups is 1. The van der Waals surface area contributed by atoms with Crippen LogP contribution in [-0.2, 0) is 22.6 Å². The number of carbonyl (C=O) groups is 1. The molecule has 3 aromatic rings. The van der Waals surface area contributed by atoms with Gasteiger partial charge in [-0.2, -0.15) is 0 Å². The summed E-state index contributed by atoms with van der Waals surface area (Å²) in [6, 6.07) is 16.5. The van der Waals surface area contributed by atoms with Crippen LogP contribution < -0.4 is 9.47 Å². The first-order valence-electron chi connectivity index (χ1n) is 9.63. The van der Waals surface area contributed by atoms with E-state index in [1.165, 1.54) is 0 Å². The van der Waals surface area contributed by atoms with Crippen molar-refractivity contribution in [2.45, 2.75) is 26.1 Å². The van der Waals surface area contributed by atoms with Crippen LogP contribution in [0, 0.1) is 0 Å². The number of hydrogen-bond acceptors (Lipinski definition) is 7. The van der Waals surface area contributed by atoms with Crippen molar-refractivity contribution in [3.05, 3.63) is 72.1 Å². The quantitative estimate of drug-likeness (QED) is 0.544. The Bertz CT molecular complexity index is 993. The summed E-state index contributed by atoms with van der Waals surface area (Å²) in [7, 11) is 1.60. The molecule has 2 aromatic carbocycles. The molecule has 7 nitrogen and oxygen atoms in total. The van der Waals surface area contributed by atoms with E-state index in [4.69, 9.17) is 14.2 Å². The van der Waals surface area contributed by atoms with Crippen molar-refractivity contribution >= 4 is 5.97 Å². The van der Waals surface area contributed by atoms with E-state index < -0.39 is 12.1 Å². The molecule has 0 unspecified atom stereocenters. The van der Waals surface area contributed by atoms with Crippen LogP contribution in [-0.4, -0.2) is 40.9 Å². The van der Waals surface area contributed by atoms with Crippen LogP contribution >= 0.6 is 0 Å². The fourth-order valence-corrected chi connectivity index (χ4v) is 2.93. The van der Waals surface area contributed by atoms with E-state index in [-0.39, 0.29) is 19.6 Å². The van der Waals surface area contributed by atoms with Crippen molar-refractivity contribution in [3.8, 4) is 22.9 Å². The van der Waals surface area contributed by atoms with Gasteiger partial charge >= 0.3 is 5.97 Å². The fourth-order valence-electron chi connectivity index (χ4n) is 2.93. The van der Waals surface area contributed by atoms with Gasteiger partial charge < -0.3 is 19.3 Å². The molecule has 0 aliphatic heterocycles. The van der Waals surface area contributed by atoms with E-state index in [2.05, 4.69) is 9.97 Å². The van der Waals surface area contributed by atoms with Gasteiger partial charge in [-0.15, -0.1) is 0 Å². The predicted octanol–water partition coefficient (Wildman–Crippen LogP) is 3.20. The van der Waals surface area contributed by atoms with Crippen molar-refractivity contribution in [2.24, 2.45) is 0 Å². The van der Waals surface area contributed by atoms with E-state index >= 15 is 0 Å². The van der Waals surface area contributed by atoms with E-state index in [1.54, 1.807) is 38.4 Å². The second-order valence-electron chi connectivity index (χ2n) is 6.44. The van der Waals surface area contributed by atoms with Crippen LogP contribution in [0.25, 0.3) is 11.4 Å². The number of esters is 1. The van der Waals surface area contributed by atoms with Crippen LogP contribution in [0.2, 0.25) is 0 Å². The summed E-state index contributed by atoms with van der Waals surface area (Å²) in [5.74, 6) is 1.15. The Balaban J connectivity index is 1.73. The molecule has 7 heteroatoms. The summed E-state index contributed by atoms with van der Waals surface area (Å²) in [5, 5.41) is 10.1. The molecule has 0 fully saturated rings. The Morgan fingerprint density at radius 2 is 1.80 bits per heavy atom. The highest BCUT2D eigenvalue weighted by Gasteiger charge is 2.19. The molecule has 3 rings (SSSR count). The second kappa shape index (κ2) is 10.4. The first-order valence-corrected chi connectivity index (χ1v) is 9.63. The highest BCUT2D eigenvalue weighted by Crippen LogP contribution is 2.27. The van der Waals surface area contributed by atoms with Gasteiger partial charge in [0, 0.05) is 12.6 Å². The molecule has 156 valence electrons. The van der Waals surface area contributed by atoms with Crippen molar-refractivity contribution < 1.29 is 24.1 Å². The third-order valence-corrected chi connectivity index (χ3v) is 4.38. The van der Waals surface area contributed by atoms with Gasteiger partial charge in [-0.3, -0.25) is 0 Å². The third kappa shape index (κ3) is 5.33. The molecular weight excluding hydrogens is 384 g/mol. The van der Waals surface area contributed by atoms with Gasteiger partial charge in [0.2, 0.25) is 0 Å². The fraction of sp³-hybridized carbons (Fsp3) is 0.261. The largest absolute Gasteiger partial charge is 0.496 e. The number of para-hydroxylation sites is 2. The summed E-state index contributed by atoms with van der Waals surface area (Å²) in [6.45, 7) is 2.12. The van der Waals surface area contributed by atoms with Gasteiger partial charge in [0.15, 0.2) is 11.9 Å². The minimum atomic E-state index is -1.24. The number of rotatable bonds is 9. The average Bonchev–Trinajstić information content (AvgIpc) is 2.78. The monoisotopic (exact) mass is 408 g/mol. The first-order chi connectivity index (χ1) is 14.6. The molecular formula is C23H24N2O5. The molecule has 0 saturated heterocycles. The lowest BCUT2D eigenvalue weighted by molar-refractivity contribution is -0.152. The highest BCUT2D eigenvalue weighted by atomic mass is 16.5. The highest BCUT2D eigenvalue weighted by molar-refractivity contribution is 5.74. The predicted molar refractivity (Wildman–Crippen MR) is 111 cm³/mol. The number of aromatic nitrogens is 2. The Labute approximate surface area is 175 Å². The molecule has 0 radical (unpaired) electrons. The van der Waals surface area contributed by atoms with Crippen molar-refractivity contribution in [1.82, 2.24) is 9.97 Å². The SMILES string of the molecule is CCOC(=O)[C@H](O)Cc1ccccc1OCc1ccnc(-c2ccccc2OC)n1.